The Labute approximate surface area is 177 Å². The van der Waals surface area contributed by atoms with Gasteiger partial charge in [0.2, 0.25) is 0 Å². The fraction of sp³-hybridized carbons (Fsp3) is 0.632. The van der Waals surface area contributed by atoms with Gasteiger partial charge in [-0.25, -0.2) is 4.99 Å². The average Bonchev–Trinajstić information content (AvgIpc) is 2.97. The molecule has 1 aromatic carbocycles. The van der Waals surface area contributed by atoms with E-state index in [2.05, 4.69) is 16.9 Å². The second-order valence-corrected chi connectivity index (χ2v) is 8.16. The van der Waals surface area contributed by atoms with Crippen LogP contribution in [0.5, 0.6) is 11.5 Å². The van der Waals surface area contributed by atoms with E-state index in [-0.39, 0.29) is 65.7 Å². The van der Waals surface area contributed by atoms with Crippen molar-refractivity contribution in [3.63, 3.8) is 0 Å². The zero-order chi connectivity index (χ0) is 18.3. The van der Waals surface area contributed by atoms with Gasteiger partial charge in [-0.15, -0.1) is 24.8 Å². The fourth-order valence-electron chi connectivity index (χ4n) is 6.44. The van der Waals surface area contributed by atoms with E-state index in [4.69, 9.17) is 20.9 Å². The molecule has 1 saturated carbocycles. The zero-order valence-electron chi connectivity index (χ0n) is 16.1. The molecule has 4 aliphatic rings. The van der Waals surface area contributed by atoms with E-state index in [0.29, 0.717) is 5.75 Å². The van der Waals surface area contributed by atoms with Crippen molar-refractivity contribution in [3.05, 3.63) is 23.3 Å². The molecular formula is C19H28Cl2N4O3. The van der Waals surface area contributed by atoms with Crippen molar-refractivity contribution in [3.8, 4) is 11.5 Å². The van der Waals surface area contributed by atoms with Gasteiger partial charge >= 0.3 is 0 Å². The normalized spacial score (nSPS) is 37.0. The SMILES string of the molecule is CO[C@@]12CCC(N=C(N)N)C3Oc4c(O)ccc5c4[C@@]31CCN(C)[C@@H]2C5.Cl.Cl. The van der Waals surface area contributed by atoms with Crippen molar-refractivity contribution in [1.29, 1.82) is 0 Å². The van der Waals surface area contributed by atoms with Crippen molar-refractivity contribution in [2.24, 2.45) is 16.5 Å². The van der Waals surface area contributed by atoms with Gasteiger partial charge in [0.15, 0.2) is 17.5 Å². The Morgan fingerprint density at radius 2 is 2.07 bits per heavy atom. The van der Waals surface area contributed by atoms with Gasteiger partial charge in [0, 0.05) is 18.7 Å². The lowest BCUT2D eigenvalue weighted by Gasteiger charge is -2.64. The number of rotatable bonds is 2. The van der Waals surface area contributed by atoms with Crippen molar-refractivity contribution in [2.75, 3.05) is 20.7 Å². The number of likely N-dealkylation sites (tertiary alicyclic amines) is 1. The first kappa shape index (κ1) is 21.3. The van der Waals surface area contributed by atoms with Crippen LogP contribution in [0.3, 0.4) is 0 Å². The van der Waals surface area contributed by atoms with Crippen LogP contribution in [-0.2, 0) is 16.6 Å². The molecule has 0 amide bonds. The second-order valence-electron chi connectivity index (χ2n) is 8.16. The minimum absolute atomic E-state index is 0. The first-order valence-electron chi connectivity index (χ1n) is 9.31. The van der Waals surface area contributed by atoms with Gasteiger partial charge in [-0.1, -0.05) is 6.07 Å². The number of aliphatic imine (C=N–C) groups is 1. The number of aromatic hydroxyl groups is 1. The summed E-state index contributed by atoms with van der Waals surface area (Å²) < 4.78 is 12.8. The van der Waals surface area contributed by atoms with E-state index >= 15 is 0 Å². The highest BCUT2D eigenvalue weighted by Gasteiger charge is 2.73. The van der Waals surface area contributed by atoms with Gasteiger partial charge in [0.25, 0.3) is 0 Å². The number of piperidine rings is 1. The topological polar surface area (TPSA) is 106 Å². The number of hydrogen-bond acceptors (Lipinski definition) is 5. The Balaban J connectivity index is 0.00000112. The van der Waals surface area contributed by atoms with Crippen molar-refractivity contribution in [1.82, 2.24) is 4.90 Å². The van der Waals surface area contributed by atoms with E-state index in [0.717, 1.165) is 37.8 Å². The zero-order valence-corrected chi connectivity index (χ0v) is 17.7. The highest BCUT2D eigenvalue weighted by molar-refractivity contribution is 5.85. The van der Waals surface area contributed by atoms with E-state index < -0.39 is 0 Å². The van der Waals surface area contributed by atoms with Crippen LogP contribution in [0.15, 0.2) is 17.1 Å². The number of ether oxygens (including phenoxy) is 2. The second kappa shape index (κ2) is 6.83. The quantitative estimate of drug-likeness (QED) is 0.482. The third kappa shape index (κ3) is 2.27. The third-order valence-electron chi connectivity index (χ3n) is 7.34. The van der Waals surface area contributed by atoms with Crippen LogP contribution < -0.4 is 16.2 Å². The largest absolute Gasteiger partial charge is 0.504 e. The summed E-state index contributed by atoms with van der Waals surface area (Å²) in [6.07, 6.45) is 3.24. The van der Waals surface area contributed by atoms with Crippen LogP contribution in [0.25, 0.3) is 0 Å². The summed E-state index contributed by atoms with van der Waals surface area (Å²) in [6.45, 7) is 0.957. The molecule has 0 aromatic heterocycles. The number of guanidine groups is 1. The van der Waals surface area contributed by atoms with Crippen molar-refractivity contribution < 1.29 is 14.6 Å². The predicted octanol–water partition coefficient (Wildman–Crippen LogP) is 1.32. The molecule has 156 valence electrons. The Morgan fingerprint density at radius 3 is 2.75 bits per heavy atom. The number of nitrogens with two attached hydrogens (primary N) is 2. The molecule has 9 heteroatoms. The van der Waals surface area contributed by atoms with Crippen LogP contribution in [0, 0.1) is 0 Å². The molecule has 7 nitrogen and oxygen atoms in total. The van der Waals surface area contributed by atoms with Gasteiger partial charge in [-0.05, 0) is 50.9 Å². The third-order valence-corrected chi connectivity index (χ3v) is 7.34. The summed E-state index contributed by atoms with van der Waals surface area (Å²) in [4.78, 5) is 6.92. The smallest absolute Gasteiger partial charge is 0.186 e. The predicted molar refractivity (Wildman–Crippen MR) is 112 cm³/mol. The maximum atomic E-state index is 10.5. The maximum absolute atomic E-state index is 10.5. The average molecular weight is 431 g/mol. The van der Waals surface area contributed by atoms with E-state index in [1.54, 1.807) is 6.07 Å². The van der Waals surface area contributed by atoms with Gasteiger partial charge in [0.05, 0.1) is 17.1 Å². The number of nitrogens with zero attached hydrogens (tertiary/aromatic N) is 2. The molecule has 2 fully saturated rings. The Bertz CT molecular complexity index is 819. The molecule has 5 N–H and O–H groups in total. The fourth-order valence-corrected chi connectivity index (χ4v) is 6.44. The number of methoxy groups -OCH3 is 1. The molecule has 28 heavy (non-hydrogen) atoms. The minimum atomic E-state index is -0.355. The number of phenols is 1. The first-order chi connectivity index (χ1) is 12.4. The molecule has 2 aliphatic carbocycles. The summed E-state index contributed by atoms with van der Waals surface area (Å²) in [5.74, 6) is 0.883. The minimum Gasteiger partial charge on any atom is -0.504 e. The van der Waals surface area contributed by atoms with Gasteiger partial charge in [0.1, 0.15) is 6.10 Å². The van der Waals surface area contributed by atoms with Crippen LogP contribution in [0.1, 0.15) is 30.4 Å². The van der Waals surface area contributed by atoms with Crippen LogP contribution in [-0.4, -0.2) is 60.5 Å². The molecule has 1 spiro atoms. The molecule has 2 heterocycles. The number of benzene rings is 1. The van der Waals surface area contributed by atoms with E-state index in [1.807, 2.05) is 13.2 Å². The molecule has 0 radical (unpaired) electrons. The molecule has 5 atom stereocenters. The Kier molecular flexibility index (Phi) is 5.20. The summed E-state index contributed by atoms with van der Waals surface area (Å²) in [7, 11) is 4.00. The lowest BCUT2D eigenvalue weighted by Crippen LogP contribution is -2.77. The van der Waals surface area contributed by atoms with E-state index in [1.165, 1.54) is 5.56 Å². The number of likely N-dealkylation sites (N-methyl/N-ethyl adjacent to an activating group) is 1. The number of hydrogen-bond donors (Lipinski definition) is 3. The molecule has 1 saturated heterocycles. The number of halogens is 2. The van der Waals surface area contributed by atoms with Crippen LogP contribution in [0.2, 0.25) is 0 Å². The van der Waals surface area contributed by atoms with Gasteiger partial charge < -0.3 is 30.9 Å². The molecule has 2 unspecified atom stereocenters. The summed E-state index contributed by atoms with van der Waals surface area (Å²) in [6, 6.07) is 3.92. The molecule has 2 bridgehead atoms. The monoisotopic (exact) mass is 430 g/mol. The molecule has 2 aliphatic heterocycles. The summed E-state index contributed by atoms with van der Waals surface area (Å²) in [5.41, 5.74) is 13.1. The standard InChI is InChI=1S/C19H26N4O3.2ClH/c1-23-8-7-18-14-10-3-4-12(24)15(14)26-16(18)11(22-17(20)21)5-6-19(18,25-2)13(23)9-10;;/h3-4,11,13,16,24H,5-9H2,1-2H3,(H4,20,21,22);2*1H/t11?,13-,16?,18+,19-;;/m1../s1. The number of phenolic OH excluding ortho intramolecular Hbond substituents is 1. The van der Waals surface area contributed by atoms with Crippen molar-refractivity contribution >= 4 is 30.8 Å². The summed E-state index contributed by atoms with van der Waals surface area (Å²) in [5, 5.41) is 10.5. The van der Waals surface area contributed by atoms with Crippen LogP contribution >= 0.6 is 24.8 Å². The molecule has 1 aromatic rings. The van der Waals surface area contributed by atoms with Gasteiger partial charge in [-0.2, -0.15) is 0 Å². The highest BCUT2D eigenvalue weighted by Crippen LogP contribution is 2.66. The van der Waals surface area contributed by atoms with Crippen LogP contribution in [0.4, 0.5) is 0 Å². The van der Waals surface area contributed by atoms with E-state index in [9.17, 15) is 5.11 Å². The molecule has 5 rings (SSSR count). The lowest BCUT2D eigenvalue weighted by molar-refractivity contribution is -0.201. The van der Waals surface area contributed by atoms with Gasteiger partial charge in [-0.3, -0.25) is 0 Å². The highest BCUT2D eigenvalue weighted by atomic mass is 35.5. The Morgan fingerprint density at radius 1 is 1.32 bits per heavy atom. The van der Waals surface area contributed by atoms with Crippen molar-refractivity contribution in [2.45, 2.75) is 54.9 Å². The maximum Gasteiger partial charge on any atom is 0.186 e. The lowest BCUT2D eigenvalue weighted by atomic mass is 9.48. The molecular weight excluding hydrogens is 403 g/mol. The first-order valence-corrected chi connectivity index (χ1v) is 9.31. The summed E-state index contributed by atoms with van der Waals surface area (Å²) >= 11 is 0. The Hall–Kier alpha value is -1.41.